The lowest BCUT2D eigenvalue weighted by atomic mass is 9.95. The van der Waals surface area contributed by atoms with E-state index in [1.54, 1.807) is 29.9 Å². The van der Waals surface area contributed by atoms with Gasteiger partial charge in [0.05, 0.1) is 18.9 Å². The molecule has 8 heteroatoms. The summed E-state index contributed by atoms with van der Waals surface area (Å²) in [6, 6.07) is 0. The van der Waals surface area contributed by atoms with Crippen LogP contribution < -0.4 is 10.6 Å². The second-order valence-corrected chi connectivity index (χ2v) is 6.59. The molecule has 120 valence electrons. The SMILES string of the molecule is COC(=O)c1c(NC(=S)Nc2cnccn2)sc2c1CCCC2. The first-order chi connectivity index (χ1) is 11.2. The number of anilines is 2. The molecule has 0 unspecified atom stereocenters. The number of thiophene rings is 1. The largest absolute Gasteiger partial charge is 0.465 e. The number of carbonyl (C=O) groups excluding carboxylic acids is 1. The molecule has 2 N–H and O–H groups in total. The van der Waals surface area contributed by atoms with Gasteiger partial charge in [-0.2, -0.15) is 0 Å². The molecule has 6 nitrogen and oxygen atoms in total. The Hall–Kier alpha value is -2.06. The summed E-state index contributed by atoms with van der Waals surface area (Å²) in [6.45, 7) is 0. The van der Waals surface area contributed by atoms with Crippen LogP contribution in [-0.2, 0) is 17.6 Å². The van der Waals surface area contributed by atoms with Crippen LogP contribution in [0.5, 0.6) is 0 Å². The van der Waals surface area contributed by atoms with Crippen LogP contribution >= 0.6 is 23.6 Å². The van der Waals surface area contributed by atoms with Gasteiger partial charge in [-0.25, -0.2) is 9.78 Å². The third-order valence-corrected chi connectivity index (χ3v) is 5.00. The maximum absolute atomic E-state index is 12.2. The first kappa shape index (κ1) is 15.8. The molecule has 0 radical (unpaired) electrons. The first-order valence-electron chi connectivity index (χ1n) is 7.26. The monoisotopic (exact) mass is 348 g/mol. The number of rotatable bonds is 3. The summed E-state index contributed by atoms with van der Waals surface area (Å²) >= 11 is 6.87. The maximum Gasteiger partial charge on any atom is 0.341 e. The van der Waals surface area contributed by atoms with Gasteiger partial charge < -0.3 is 15.4 Å². The second kappa shape index (κ2) is 7.01. The molecule has 0 bridgehead atoms. The van der Waals surface area contributed by atoms with Crippen molar-refractivity contribution < 1.29 is 9.53 Å². The number of aromatic nitrogens is 2. The van der Waals surface area contributed by atoms with Crippen molar-refractivity contribution in [3.63, 3.8) is 0 Å². The molecule has 2 heterocycles. The molecule has 0 saturated heterocycles. The lowest BCUT2D eigenvalue weighted by molar-refractivity contribution is 0.0601. The van der Waals surface area contributed by atoms with Crippen LogP contribution in [0.3, 0.4) is 0 Å². The molecule has 1 aliphatic rings. The average Bonchev–Trinajstić information content (AvgIpc) is 2.92. The fourth-order valence-electron chi connectivity index (χ4n) is 2.59. The number of hydrogen-bond donors (Lipinski definition) is 2. The highest BCUT2D eigenvalue weighted by atomic mass is 32.1. The summed E-state index contributed by atoms with van der Waals surface area (Å²) in [6.07, 6.45) is 8.89. The number of methoxy groups -OCH3 is 1. The molecule has 0 atom stereocenters. The highest BCUT2D eigenvalue weighted by Crippen LogP contribution is 2.38. The molecule has 0 fully saturated rings. The number of thiocarbonyl (C=S) groups is 1. The van der Waals surface area contributed by atoms with E-state index in [0.29, 0.717) is 16.5 Å². The van der Waals surface area contributed by atoms with Gasteiger partial charge in [-0.05, 0) is 43.5 Å². The van der Waals surface area contributed by atoms with E-state index in [9.17, 15) is 4.79 Å². The Morgan fingerprint density at radius 3 is 2.87 bits per heavy atom. The number of fused-ring (bicyclic) bond motifs is 1. The maximum atomic E-state index is 12.2. The molecule has 1 aliphatic carbocycles. The van der Waals surface area contributed by atoms with Gasteiger partial charge >= 0.3 is 5.97 Å². The van der Waals surface area contributed by atoms with Crippen molar-refractivity contribution in [3.05, 3.63) is 34.6 Å². The zero-order chi connectivity index (χ0) is 16.2. The van der Waals surface area contributed by atoms with Crippen LogP contribution in [0.25, 0.3) is 0 Å². The van der Waals surface area contributed by atoms with Crippen LogP contribution in [0.4, 0.5) is 10.8 Å². The second-order valence-electron chi connectivity index (χ2n) is 5.08. The Morgan fingerprint density at radius 2 is 2.13 bits per heavy atom. The number of hydrogen-bond acceptors (Lipinski definition) is 6. The fourth-order valence-corrected chi connectivity index (χ4v) is 4.14. The van der Waals surface area contributed by atoms with Gasteiger partial charge in [0.15, 0.2) is 10.9 Å². The Morgan fingerprint density at radius 1 is 1.30 bits per heavy atom. The number of aryl methyl sites for hydroxylation is 1. The molecule has 0 aliphatic heterocycles. The van der Waals surface area contributed by atoms with E-state index in [-0.39, 0.29) is 5.97 Å². The van der Waals surface area contributed by atoms with E-state index in [1.165, 1.54) is 12.0 Å². The summed E-state index contributed by atoms with van der Waals surface area (Å²) in [7, 11) is 1.40. The lowest BCUT2D eigenvalue weighted by Crippen LogP contribution is -2.21. The molecule has 23 heavy (non-hydrogen) atoms. The predicted octanol–water partition coefficient (Wildman–Crippen LogP) is 3.01. The zero-order valence-corrected chi connectivity index (χ0v) is 14.2. The van der Waals surface area contributed by atoms with Gasteiger partial charge in [0, 0.05) is 17.3 Å². The van der Waals surface area contributed by atoms with E-state index in [2.05, 4.69) is 20.6 Å². The molecular formula is C15H16N4O2S2. The molecule has 0 saturated carbocycles. The van der Waals surface area contributed by atoms with Crippen LogP contribution in [0.1, 0.15) is 33.6 Å². The molecule has 0 spiro atoms. The average molecular weight is 348 g/mol. The van der Waals surface area contributed by atoms with E-state index in [1.807, 2.05) is 0 Å². The zero-order valence-electron chi connectivity index (χ0n) is 12.6. The minimum Gasteiger partial charge on any atom is -0.465 e. The predicted molar refractivity (Wildman–Crippen MR) is 94.2 cm³/mol. The summed E-state index contributed by atoms with van der Waals surface area (Å²) in [5.41, 5.74) is 1.70. The third-order valence-electron chi connectivity index (χ3n) is 3.59. The highest BCUT2D eigenvalue weighted by Gasteiger charge is 2.26. The Balaban J connectivity index is 1.83. The Labute approximate surface area is 143 Å². The molecule has 2 aromatic rings. The van der Waals surface area contributed by atoms with E-state index >= 15 is 0 Å². The van der Waals surface area contributed by atoms with Crippen molar-refractivity contribution in [3.8, 4) is 0 Å². The third kappa shape index (κ3) is 3.48. The summed E-state index contributed by atoms with van der Waals surface area (Å²) in [5, 5.41) is 7.15. The Kier molecular flexibility index (Phi) is 4.82. The van der Waals surface area contributed by atoms with Crippen molar-refractivity contribution in [2.75, 3.05) is 17.7 Å². The summed E-state index contributed by atoms with van der Waals surface area (Å²) in [4.78, 5) is 21.5. The van der Waals surface area contributed by atoms with E-state index < -0.39 is 0 Å². The fraction of sp³-hybridized carbons (Fsp3) is 0.333. The quantitative estimate of drug-likeness (QED) is 0.652. The summed E-state index contributed by atoms with van der Waals surface area (Å²) in [5.74, 6) is 0.222. The van der Waals surface area contributed by atoms with Gasteiger partial charge in [0.1, 0.15) is 5.00 Å². The van der Waals surface area contributed by atoms with Crippen LogP contribution in [0, 0.1) is 0 Å². The minimum atomic E-state index is -0.325. The number of ether oxygens (including phenoxy) is 1. The minimum absolute atomic E-state index is 0.325. The van der Waals surface area contributed by atoms with Gasteiger partial charge in [-0.15, -0.1) is 11.3 Å². The van der Waals surface area contributed by atoms with Crippen molar-refractivity contribution in [1.29, 1.82) is 0 Å². The molecule has 2 aromatic heterocycles. The number of carbonyl (C=O) groups is 1. The normalized spacial score (nSPS) is 13.1. The first-order valence-corrected chi connectivity index (χ1v) is 8.48. The molecule has 0 aromatic carbocycles. The van der Waals surface area contributed by atoms with Crippen LogP contribution in [-0.4, -0.2) is 28.2 Å². The number of esters is 1. The van der Waals surface area contributed by atoms with Crippen molar-refractivity contribution in [2.45, 2.75) is 25.7 Å². The molecular weight excluding hydrogens is 332 g/mol. The lowest BCUT2D eigenvalue weighted by Gasteiger charge is -2.12. The van der Waals surface area contributed by atoms with Crippen LogP contribution in [0.15, 0.2) is 18.6 Å². The van der Waals surface area contributed by atoms with Crippen LogP contribution in [0.2, 0.25) is 0 Å². The molecule has 0 amide bonds. The van der Waals surface area contributed by atoms with E-state index in [0.717, 1.165) is 36.2 Å². The van der Waals surface area contributed by atoms with Crippen molar-refractivity contribution in [1.82, 2.24) is 9.97 Å². The van der Waals surface area contributed by atoms with E-state index in [4.69, 9.17) is 17.0 Å². The number of nitrogens with one attached hydrogen (secondary N) is 2. The van der Waals surface area contributed by atoms with Gasteiger partial charge in [-0.1, -0.05) is 0 Å². The van der Waals surface area contributed by atoms with Crippen molar-refractivity contribution in [2.24, 2.45) is 0 Å². The highest BCUT2D eigenvalue weighted by molar-refractivity contribution is 7.80. The standard InChI is InChI=1S/C15H16N4O2S2/c1-21-14(20)12-9-4-2-3-5-10(9)23-13(12)19-15(22)18-11-8-16-6-7-17-11/h6-8H,2-5H2,1H3,(H2,17,18,19,22). The smallest absolute Gasteiger partial charge is 0.341 e. The van der Waals surface area contributed by atoms with Gasteiger partial charge in [0.2, 0.25) is 0 Å². The van der Waals surface area contributed by atoms with Gasteiger partial charge in [-0.3, -0.25) is 4.98 Å². The van der Waals surface area contributed by atoms with Crippen molar-refractivity contribution >= 4 is 45.5 Å². The summed E-state index contributed by atoms with van der Waals surface area (Å²) < 4.78 is 4.94. The Bertz CT molecular complexity index is 731. The molecule has 3 rings (SSSR count). The van der Waals surface area contributed by atoms with Gasteiger partial charge in [0.25, 0.3) is 0 Å². The topological polar surface area (TPSA) is 76.1 Å². The number of nitrogens with zero attached hydrogens (tertiary/aromatic N) is 2.